The van der Waals surface area contributed by atoms with Gasteiger partial charge in [-0.3, -0.25) is 9.59 Å². The fourth-order valence-electron chi connectivity index (χ4n) is 2.53. The Morgan fingerprint density at radius 1 is 1.04 bits per heavy atom. The molecule has 0 radical (unpaired) electrons. The lowest BCUT2D eigenvalue weighted by molar-refractivity contribution is 0.103. The average Bonchev–Trinajstić information content (AvgIpc) is 2.60. The van der Waals surface area contributed by atoms with Crippen molar-refractivity contribution in [3.05, 3.63) is 88.0 Å². The predicted molar refractivity (Wildman–Crippen MR) is 88.6 cm³/mol. The summed E-state index contributed by atoms with van der Waals surface area (Å²) < 4.78 is 14.3. The normalized spacial score (nSPS) is 10.6. The first-order valence-corrected chi connectivity index (χ1v) is 7.27. The summed E-state index contributed by atoms with van der Waals surface area (Å²) in [6.45, 7) is 0. The van der Waals surface area contributed by atoms with Crippen molar-refractivity contribution in [1.29, 1.82) is 0 Å². The molecule has 0 aliphatic carbocycles. The molecule has 120 valence electrons. The van der Waals surface area contributed by atoms with Crippen LogP contribution in [0.3, 0.4) is 0 Å². The van der Waals surface area contributed by atoms with Crippen LogP contribution >= 0.6 is 0 Å². The van der Waals surface area contributed by atoms with Crippen molar-refractivity contribution in [2.24, 2.45) is 7.05 Å². The Balaban J connectivity index is 2.15. The molecule has 24 heavy (non-hydrogen) atoms. The van der Waals surface area contributed by atoms with Crippen LogP contribution in [0.2, 0.25) is 0 Å². The Morgan fingerprint density at radius 3 is 2.29 bits per heavy atom. The third-order valence-electron chi connectivity index (χ3n) is 3.81. The van der Waals surface area contributed by atoms with Crippen molar-refractivity contribution >= 4 is 5.78 Å². The molecule has 1 aromatic heterocycles. The van der Waals surface area contributed by atoms with Crippen LogP contribution in [0.4, 0.5) is 4.39 Å². The lowest BCUT2D eigenvalue weighted by Crippen LogP contribution is -2.26. The second-order valence-electron chi connectivity index (χ2n) is 5.36. The van der Waals surface area contributed by atoms with Crippen LogP contribution in [0.15, 0.2) is 65.5 Å². The van der Waals surface area contributed by atoms with E-state index in [1.165, 1.54) is 41.9 Å². The molecule has 4 nitrogen and oxygen atoms in total. The second kappa shape index (κ2) is 6.12. The van der Waals surface area contributed by atoms with Gasteiger partial charge in [-0.05, 0) is 29.8 Å². The van der Waals surface area contributed by atoms with Gasteiger partial charge in [0.2, 0.25) is 5.78 Å². The van der Waals surface area contributed by atoms with Crippen LogP contribution in [0, 0.1) is 5.82 Å². The Morgan fingerprint density at radius 2 is 1.67 bits per heavy atom. The smallest absolute Gasteiger partial charge is 0.265 e. The number of benzene rings is 2. The molecule has 0 atom stereocenters. The minimum atomic E-state index is -0.608. The summed E-state index contributed by atoms with van der Waals surface area (Å²) in [7, 11) is 1.50. The van der Waals surface area contributed by atoms with Crippen molar-refractivity contribution in [3.63, 3.8) is 0 Å². The highest BCUT2D eigenvalue weighted by molar-refractivity contribution is 6.10. The molecule has 3 aromatic rings. The number of pyridine rings is 1. The van der Waals surface area contributed by atoms with E-state index in [2.05, 4.69) is 0 Å². The monoisotopic (exact) mass is 323 g/mol. The first-order chi connectivity index (χ1) is 11.5. The van der Waals surface area contributed by atoms with Crippen LogP contribution in [0.5, 0.6) is 5.75 Å². The van der Waals surface area contributed by atoms with Crippen LogP contribution < -0.4 is 5.56 Å². The first-order valence-electron chi connectivity index (χ1n) is 7.27. The molecule has 0 saturated heterocycles. The Labute approximate surface area is 137 Å². The molecule has 1 heterocycles. The number of hydrogen-bond donors (Lipinski definition) is 1. The Bertz CT molecular complexity index is 960. The van der Waals surface area contributed by atoms with Crippen LogP contribution in [-0.2, 0) is 7.05 Å². The fourth-order valence-corrected chi connectivity index (χ4v) is 2.53. The topological polar surface area (TPSA) is 59.3 Å². The van der Waals surface area contributed by atoms with Gasteiger partial charge in [0.15, 0.2) is 0 Å². The van der Waals surface area contributed by atoms with Crippen molar-refractivity contribution in [3.8, 4) is 17.0 Å². The first kappa shape index (κ1) is 15.7. The molecule has 3 rings (SSSR count). The number of rotatable bonds is 3. The largest absolute Gasteiger partial charge is 0.507 e. The Kier molecular flexibility index (Phi) is 4.00. The molecule has 0 unspecified atom stereocenters. The third kappa shape index (κ3) is 2.72. The standard InChI is InChI=1S/C19H14FNO3/c1-21-15(12-7-9-14(20)10-8-12)11-16(22)17(19(21)24)18(23)13-5-3-2-4-6-13/h2-11,22H,1H3. The highest BCUT2D eigenvalue weighted by atomic mass is 19.1. The van der Waals surface area contributed by atoms with Crippen molar-refractivity contribution in [2.45, 2.75) is 0 Å². The van der Waals surface area contributed by atoms with E-state index in [-0.39, 0.29) is 5.56 Å². The summed E-state index contributed by atoms with van der Waals surface area (Å²) >= 11 is 0. The molecule has 0 saturated carbocycles. The van der Waals surface area contributed by atoms with Gasteiger partial charge < -0.3 is 9.67 Å². The third-order valence-corrected chi connectivity index (χ3v) is 3.81. The van der Waals surface area contributed by atoms with Crippen molar-refractivity contribution in [2.75, 3.05) is 0 Å². The van der Waals surface area contributed by atoms with E-state index < -0.39 is 22.9 Å². The van der Waals surface area contributed by atoms with Gasteiger partial charge in [-0.25, -0.2) is 4.39 Å². The molecule has 0 amide bonds. The number of aromatic nitrogens is 1. The zero-order chi connectivity index (χ0) is 17.3. The summed E-state index contributed by atoms with van der Waals surface area (Å²) in [6.07, 6.45) is 0. The molecule has 0 fully saturated rings. The number of halogens is 1. The van der Waals surface area contributed by atoms with E-state index in [4.69, 9.17) is 0 Å². The molecule has 1 N–H and O–H groups in total. The van der Waals surface area contributed by atoms with Gasteiger partial charge in [0.05, 0.1) is 5.69 Å². The molecule has 0 aliphatic heterocycles. The number of hydrogen-bond acceptors (Lipinski definition) is 3. The summed E-state index contributed by atoms with van der Waals surface area (Å²) in [4.78, 5) is 25.1. The molecule has 0 aliphatic rings. The highest BCUT2D eigenvalue weighted by Gasteiger charge is 2.21. The number of carbonyl (C=O) groups excluding carboxylic acids is 1. The number of aromatic hydroxyl groups is 1. The molecular weight excluding hydrogens is 309 g/mol. The van der Waals surface area contributed by atoms with Crippen LogP contribution in [0.25, 0.3) is 11.3 Å². The maximum atomic E-state index is 13.1. The van der Waals surface area contributed by atoms with E-state index in [1.807, 2.05) is 0 Å². The van der Waals surface area contributed by atoms with Crippen LogP contribution in [-0.4, -0.2) is 15.5 Å². The predicted octanol–water partition coefficient (Wildman–Crippen LogP) is 3.13. The van der Waals surface area contributed by atoms with Gasteiger partial charge in [-0.2, -0.15) is 0 Å². The molecule has 2 aromatic carbocycles. The maximum Gasteiger partial charge on any atom is 0.265 e. The van der Waals surface area contributed by atoms with Crippen molar-refractivity contribution in [1.82, 2.24) is 4.57 Å². The molecule has 0 spiro atoms. The van der Waals surface area contributed by atoms with Gasteiger partial charge >= 0.3 is 0 Å². The summed E-state index contributed by atoms with van der Waals surface area (Å²) in [5.74, 6) is -1.34. The van der Waals surface area contributed by atoms with E-state index >= 15 is 0 Å². The van der Waals surface area contributed by atoms with E-state index in [9.17, 15) is 19.1 Å². The van der Waals surface area contributed by atoms with Gasteiger partial charge in [-0.1, -0.05) is 30.3 Å². The lowest BCUT2D eigenvalue weighted by Gasteiger charge is -2.12. The lowest BCUT2D eigenvalue weighted by atomic mass is 10.0. The van der Waals surface area contributed by atoms with Crippen LogP contribution in [0.1, 0.15) is 15.9 Å². The van der Waals surface area contributed by atoms with Gasteiger partial charge in [-0.15, -0.1) is 0 Å². The summed E-state index contributed by atoms with van der Waals surface area (Å²) in [5.41, 5.74) is 0.379. The quantitative estimate of drug-likeness (QED) is 0.753. The summed E-state index contributed by atoms with van der Waals surface area (Å²) in [6, 6.07) is 15.1. The zero-order valence-corrected chi connectivity index (χ0v) is 12.9. The van der Waals surface area contributed by atoms with Gasteiger partial charge in [0.1, 0.15) is 17.1 Å². The average molecular weight is 323 g/mol. The summed E-state index contributed by atoms with van der Waals surface area (Å²) in [5, 5.41) is 10.2. The fraction of sp³-hybridized carbons (Fsp3) is 0.0526. The minimum Gasteiger partial charge on any atom is -0.507 e. The SMILES string of the molecule is Cn1c(-c2ccc(F)cc2)cc(O)c(C(=O)c2ccccc2)c1=O. The van der Waals surface area contributed by atoms with Crippen molar-refractivity contribution < 1.29 is 14.3 Å². The van der Waals surface area contributed by atoms with Gasteiger partial charge in [0, 0.05) is 18.7 Å². The minimum absolute atomic E-state index is 0.283. The number of carbonyl (C=O) groups is 1. The van der Waals surface area contributed by atoms with Gasteiger partial charge in [0.25, 0.3) is 5.56 Å². The van der Waals surface area contributed by atoms with E-state index in [1.54, 1.807) is 30.3 Å². The second-order valence-corrected chi connectivity index (χ2v) is 5.36. The molecule has 5 heteroatoms. The highest BCUT2D eigenvalue weighted by Crippen LogP contribution is 2.25. The maximum absolute atomic E-state index is 13.1. The molecule has 0 bridgehead atoms. The van der Waals surface area contributed by atoms with E-state index in [0.717, 1.165) is 0 Å². The number of nitrogens with zero attached hydrogens (tertiary/aromatic N) is 1. The Hall–Kier alpha value is -3.21. The zero-order valence-electron chi connectivity index (χ0n) is 12.9. The number of ketones is 1. The van der Waals surface area contributed by atoms with E-state index in [0.29, 0.717) is 16.8 Å². The molecular formula is C19H14FNO3.